The van der Waals surface area contributed by atoms with E-state index in [-0.39, 0.29) is 40.8 Å². The molecule has 7 atom stereocenters. The van der Waals surface area contributed by atoms with Crippen molar-refractivity contribution in [2.45, 2.75) is 71.0 Å². The number of fused-ring (bicyclic) bond motifs is 2. The van der Waals surface area contributed by atoms with Crippen molar-refractivity contribution < 1.29 is 47.9 Å². The van der Waals surface area contributed by atoms with Gasteiger partial charge in [-0.1, -0.05) is 57.2 Å². The molecular formula is C30H39N6O10P. The van der Waals surface area contributed by atoms with Crippen molar-refractivity contribution in [3.8, 4) is 11.6 Å². The van der Waals surface area contributed by atoms with E-state index in [0.717, 1.165) is 5.39 Å². The minimum absolute atomic E-state index is 0.0668. The number of benzene rings is 2. The third-order valence-corrected chi connectivity index (χ3v) is 9.03. The van der Waals surface area contributed by atoms with Crippen LogP contribution in [0.4, 0.5) is 5.95 Å². The second-order valence-corrected chi connectivity index (χ2v) is 14.3. The number of hydrogen-bond acceptors (Lipinski definition) is 14. The van der Waals surface area contributed by atoms with Gasteiger partial charge in [-0.15, -0.1) is 0 Å². The first-order valence-electron chi connectivity index (χ1n) is 14.7. The van der Waals surface area contributed by atoms with Gasteiger partial charge in [0, 0.05) is 5.39 Å². The largest absolute Gasteiger partial charge is 0.479 e. The van der Waals surface area contributed by atoms with Crippen molar-refractivity contribution in [3.05, 3.63) is 48.8 Å². The number of aliphatic hydroxyl groups is 3. The van der Waals surface area contributed by atoms with Crippen LogP contribution in [0.1, 0.15) is 40.8 Å². The summed E-state index contributed by atoms with van der Waals surface area (Å²) < 4.78 is 43.7. The minimum Gasteiger partial charge on any atom is -0.479 e. The van der Waals surface area contributed by atoms with E-state index in [1.807, 2.05) is 39.0 Å². The van der Waals surface area contributed by atoms with E-state index >= 15 is 0 Å². The van der Waals surface area contributed by atoms with Gasteiger partial charge in [0.2, 0.25) is 11.8 Å². The Balaban J connectivity index is 1.44. The highest BCUT2D eigenvalue weighted by Crippen LogP contribution is 2.50. The molecule has 16 nitrogen and oxygen atoms in total. The van der Waals surface area contributed by atoms with Crippen LogP contribution in [0.5, 0.6) is 11.6 Å². The zero-order valence-electron chi connectivity index (χ0n) is 26.7. The molecule has 1 aliphatic heterocycles. The van der Waals surface area contributed by atoms with Crippen molar-refractivity contribution in [1.29, 1.82) is 0 Å². The maximum atomic E-state index is 14.4. The zero-order valence-corrected chi connectivity index (χ0v) is 27.6. The fraction of sp³-hybridized carbons (Fsp3) is 0.467. The van der Waals surface area contributed by atoms with Crippen LogP contribution in [-0.4, -0.2) is 84.7 Å². The lowest BCUT2D eigenvalue weighted by Crippen LogP contribution is -2.47. The van der Waals surface area contributed by atoms with Crippen molar-refractivity contribution >= 4 is 41.6 Å². The lowest BCUT2D eigenvalue weighted by Gasteiger charge is -2.29. The molecule has 2 aromatic heterocycles. The first-order chi connectivity index (χ1) is 22.0. The molecule has 3 heterocycles. The lowest BCUT2D eigenvalue weighted by atomic mass is 9.96. The molecule has 0 bridgehead atoms. The van der Waals surface area contributed by atoms with Crippen molar-refractivity contribution in [2.24, 2.45) is 5.41 Å². The Morgan fingerprint density at radius 1 is 1.21 bits per heavy atom. The van der Waals surface area contributed by atoms with Gasteiger partial charge in [-0.05, 0) is 30.7 Å². The third kappa shape index (κ3) is 7.18. The maximum Gasteiger partial charge on any atom is 0.461 e. The number of nitrogens with two attached hydrogens (primary N) is 1. The van der Waals surface area contributed by atoms with Crippen molar-refractivity contribution in [2.75, 3.05) is 19.5 Å². The van der Waals surface area contributed by atoms with Crippen LogP contribution in [0.3, 0.4) is 0 Å². The molecule has 1 fully saturated rings. The number of rotatable bonds is 11. The van der Waals surface area contributed by atoms with Crippen molar-refractivity contribution in [1.82, 2.24) is 24.6 Å². The predicted octanol–water partition coefficient (Wildman–Crippen LogP) is 2.67. The number of esters is 1. The molecule has 17 heteroatoms. The number of nitrogens with one attached hydrogen (secondary N) is 1. The van der Waals surface area contributed by atoms with Gasteiger partial charge in [-0.2, -0.15) is 15.1 Å². The highest BCUT2D eigenvalue weighted by Gasteiger charge is 2.57. The van der Waals surface area contributed by atoms with E-state index < -0.39 is 50.1 Å². The molecule has 2 aromatic carbocycles. The molecular weight excluding hydrogens is 635 g/mol. The highest BCUT2D eigenvalue weighted by molar-refractivity contribution is 7.52. The standard InChI is InChI=1S/C30H39N6O10P/c1-16(25(38)43-14-29(2,3)4)35-47(41,45-19-13-9-11-17-10-7-8-12-18(17)19)46-26(39)21-22(37)30(5,40)27(44-21)36-15-32-20-23(36)33-28(31)34-24(20)42-6/h7-13,15-16,21-22,26-27,37,39-40H,14H2,1-6H3,(H,35,41)(H2,31,33,34)/t16-,21-,22+,26?,27+,30+,47?/m0/s1. The Hall–Kier alpha value is -3.89. The molecule has 0 amide bonds. The van der Waals surface area contributed by atoms with E-state index in [1.165, 1.54) is 31.9 Å². The normalized spacial score (nSPS) is 24.1. The van der Waals surface area contributed by atoms with E-state index in [1.54, 1.807) is 24.3 Å². The predicted molar refractivity (Wildman–Crippen MR) is 169 cm³/mol. The van der Waals surface area contributed by atoms with Gasteiger partial charge in [-0.3, -0.25) is 13.9 Å². The summed E-state index contributed by atoms with van der Waals surface area (Å²) in [5.74, 6) is -0.710. The monoisotopic (exact) mass is 674 g/mol. The smallest absolute Gasteiger partial charge is 0.461 e. The van der Waals surface area contributed by atoms with E-state index in [2.05, 4.69) is 20.0 Å². The van der Waals surface area contributed by atoms with Crippen LogP contribution in [0.15, 0.2) is 48.8 Å². The fourth-order valence-electron chi connectivity index (χ4n) is 5.02. The van der Waals surface area contributed by atoms with Crippen LogP contribution >= 0.6 is 7.75 Å². The second kappa shape index (κ2) is 13.0. The molecule has 1 saturated heterocycles. The highest BCUT2D eigenvalue weighted by atomic mass is 31.2. The molecule has 0 aliphatic carbocycles. The molecule has 254 valence electrons. The number of ether oxygens (including phenoxy) is 3. The van der Waals surface area contributed by atoms with Gasteiger partial charge < -0.3 is 39.8 Å². The van der Waals surface area contributed by atoms with Gasteiger partial charge in [0.1, 0.15) is 29.6 Å². The third-order valence-electron chi connectivity index (χ3n) is 7.40. The number of carbonyl (C=O) groups is 1. The number of anilines is 1. The summed E-state index contributed by atoms with van der Waals surface area (Å²) in [6.45, 7) is 8.39. The van der Waals surface area contributed by atoms with Gasteiger partial charge in [-0.25, -0.2) is 9.55 Å². The van der Waals surface area contributed by atoms with Gasteiger partial charge in [0.05, 0.1) is 20.0 Å². The average Bonchev–Trinajstić information content (AvgIpc) is 3.52. The first-order valence-corrected chi connectivity index (χ1v) is 16.3. The maximum absolute atomic E-state index is 14.4. The zero-order chi connectivity index (χ0) is 34.3. The topological polar surface area (TPSA) is 223 Å². The number of aromatic nitrogens is 4. The number of imidazole rings is 1. The quantitative estimate of drug-likeness (QED) is 0.0876. The van der Waals surface area contributed by atoms with Crippen LogP contribution < -0.4 is 20.1 Å². The number of carbonyl (C=O) groups excluding carboxylic acids is 1. The summed E-state index contributed by atoms with van der Waals surface area (Å²) >= 11 is 0. The summed E-state index contributed by atoms with van der Waals surface area (Å²) in [7, 11) is -3.31. The number of aliphatic hydroxyl groups excluding tert-OH is 2. The van der Waals surface area contributed by atoms with E-state index in [0.29, 0.717) is 5.39 Å². The minimum atomic E-state index is -4.68. The molecule has 47 heavy (non-hydrogen) atoms. The van der Waals surface area contributed by atoms with Crippen LogP contribution in [0, 0.1) is 5.41 Å². The Morgan fingerprint density at radius 2 is 1.91 bits per heavy atom. The molecule has 6 N–H and O–H groups in total. The molecule has 0 spiro atoms. The van der Waals surface area contributed by atoms with Gasteiger partial charge >= 0.3 is 13.7 Å². The Morgan fingerprint density at radius 3 is 2.62 bits per heavy atom. The molecule has 0 radical (unpaired) electrons. The Kier molecular flexibility index (Phi) is 9.50. The van der Waals surface area contributed by atoms with E-state index in [9.17, 15) is 24.7 Å². The Bertz CT molecular complexity index is 1810. The number of hydrogen-bond donors (Lipinski definition) is 5. The summed E-state index contributed by atoms with van der Waals surface area (Å²) in [5.41, 5.74) is 3.72. The van der Waals surface area contributed by atoms with Gasteiger partial charge in [0.15, 0.2) is 23.7 Å². The number of nitrogen functional groups attached to an aromatic ring is 1. The molecule has 1 aliphatic rings. The first kappa shape index (κ1) is 34.4. The average molecular weight is 675 g/mol. The molecule has 0 saturated carbocycles. The van der Waals surface area contributed by atoms with Crippen molar-refractivity contribution in [3.63, 3.8) is 0 Å². The molecule has 5 rings (SSSR count). The summed E-state index contributed by atoms with van der Waals surface area (Å²) in [6, 6.07) is 10.9. The molecule has 2 unspecified atom stereocenters. The summed E-state index contributed by atoms with van der Waals surface area (Å²) in [6.07, 6.45) is -5.80. The van der Waals surface area contributed by atoms with Crippen LogP contribution in [-0.2, 0) is 23.4 Å². The SMILES string of the molecule is COc1nc(N)nc2c1ncn2[C@@H]1O[C@H](C(O)OP(=O)(N[C@@H](C)C(=O)OCC(C)(C)C)Oc2cccc3ccccc23)[C@@H](O)[C@@]1(C)O. The molecule has 4 aromatic rings. The summed E-state index contributed by atoms with van der Waals surface area (Å²) in [4.78, 5) is 25.2. The van der Waals surface area contributed by atoms with Gasteiger partial charge in [0.25, 0.3) is 0 Å². The Labute approximate surface area is 270 Å². The van der Waals surface area contributed by atoms with Crippen LogP contribution in [0.2, 0.25) is 0 Å². The number of methoxy groups -OCH3 is 1. The number of nitrogens with zero attached hydrogens (tertiary/aromatic N) is 4. The van der Waals surface area contributed by atoms with Crippen LogP contribution in [0.25, 0.3) is 21.9 Å². The fourth-order valence-corrected chi connectivity index (χ4v) is 6.58. The van der Waals surface area contributed by atoms with E-state index in [4.69, 9.17) is 29.0 Å². The second-order valence-electron chi connectivity index (χ2n) is 12.6. The summed E-state index contributed by atoms with van der Waals surface area (Å²) in [5, 5.41) is 37.7. The lowest BCUT2D eigenvalue weighted by molar-refractivity contribution is -0.158.